The average molecular weight is 427 g/mol. The fourth-order valence-electron chi connectivity index (χ4n) is 2.88. The lowest BCUT2D eigenvalue weighted by atomic mass is 10.2. The Morgan fingerprint density at radius 2 is 1.86 bits per heavy atom. The Kier molecular flexibility index (Phi) is 5.60. The normalized spacial score (nSPS) is 14.9. The minimum Gasteiger partial charge on any atom is -0.348 e. The van der Waals surface area contributed by atoms with E-state index in [2.05, 4.69) is 10.3 Å². The minimum absolute atomic E-state index is 0.0287. The largest absolute Gasteiger partial charge is 0.503 e. The molecule has 0 bridgehead atoms. The maximum atomic E-state index is 12.8. The van der Waals surface area contributed by atoms with Crippen molar-refractivity contribution in [1.82, 2.24) is 10.3 Å². The summed E-state index contributed by atoms with van der Waals surface area (Å²) in [5.41, 5.74) is -4.92. The number of pyridine rings is 1. The molecule has 2 aromatic rings. The summed E-state index contributed by atoms with van der Waals surface area (Å²) in [6.07, 6.45) is 2.14. The lowest BCUT2D eigenvalue weighted by Crippen LogP contribution is -2.30. The Balaban J connectivity index is 1.73. The number of rotatable bonds is 5. The van der Waals surface area contributed by atoms with Crippen molar-refractivity contribution in [2.75, 3.05) is 11.4 Å². The molecule has 1 aliphatic rings. The molecule has 0 spiro atoms. The monoisotopic (exact) mass is 427 g/mol. The maximum Gasteiger partial charge on any atom is 0.503 e. The number of alkyl halides is 3. The first-order valence-corrected chi connectivity index (χ1v) is 10.0. The number of carbonyl (C=O) groups excluding carboxylic acids is 2. The summed E-state index contributed by atoms with van der Waals surface area (Å²) in [5, 5.41) is 1.05. The van der Waals surface area contributed by atoms with Crippen molar-refractivity contribution in [3.05, 3.63) is 53.7 Å². The Labute approximate surface area is 164 Å². The van der Waals surface area contributed by atoms with Crippen molar-refractivity contribution < 1.29 is 31.2 Å². The number of hydrogen-bond donors (Lipinski definition) is 1. The van der Waals surface area contributed by atoms with Crippen molar-refractivity contribution in [3.8, 4) is 0 Å². The molecule has 0 aliphatic carbocycles. The highest BCUT2D eigenvalue weighted by atomic mass is 32.2. The van der Waals surface area contributed by atoms with Gasteiger partial charge in [0.05, 0.1) is 5.56 Å². The zero-order chi connectivity index (χ0) is 21.2. The van der Waals surface area contributed by atoms with Crippen LogP contribution in [0.3, 0.4) is 0 Å². The topological polar surface area (TPSA) is 96.4 Å². The van der Waals surface area contributed by atoms with Crippen molar-refractivity contribution in [3.63, 3.8) is 0 Å². The quantitative estimate of drug-likeness (QED) is 0.791. The third-order valence-electron chi connectivity index (χ3n) is 4.35. The van der Waals surface area contributed by atoms with Crippen molar-refractivity contribution >= 4 is 27.3 Å². The molecule has 2 heterocycles. The summed E-state index contributed by atoms with van der Waals surface area (Å²) in [7, 11) is -5.76. The molecule has 1 aromatic carbocycles. The highest BCUT2D eigenvalue weighted by Gasteiger charge is 2.49. The van der Waals surface area contributed by atoms with Crippen LogP contribution in [0.2, 0.25) is 0 Å². The molecule has 11 heteroatoms. The van der Waals surface area contributed by atoms with E-state index in [0.717, 1.165) is 18.7 Å². The molecule has 1 saturated heterocycles. The summed E-state index contributed by atoms with van der Waals surface area (Å²) < 4.78 is 61.7. The first-order valence-electron chi connectivity index (χ1n) is 8.55. The summed E-state index contributed by atoms with van der Waals surface area (Å²) >= 11 is 0. The molecular formula is C18H16F3N3O4S. The van der Waals surface area contributed by atoms with Gasteiger partial charge >= 0.3 is 5.51 Å². The van der Waals surface area contributed by atoms with E-state index in [0.29, 0.717) is 24.2 Å². The molecule has 29 heavy (non-hydrogen) atoms. The second-order valence-electron chi connectivity index (χ2n) is 6.30. The van der Waals surface area contributed by atoms with Gasteiger partial charge in [-0.25, -0.2) is 13.4 Å². The van der Waals surface area contributed by atoms with Crippen LogP contribution in [-0.4, -0.2) is 37.3 Å². The molecule has 0 atom stereocenters. The van der Waals surface area contributed by atoms with Gasteiger partial charge in [0.2, 0.25) is 5.91 Å². The highest BCUT2D eigenvalue weighted by Crippen LogP contribution is 2.30. The lowest BCUT2D eigenvalue weighted by molar-refractivity contribution is -0.117. The predicted molar refractivity (Wildman–Crippen MR) is 96.7 cm³/mol. The first kappa shape index (κ1) is 20.8. The number of aromatic nitrogens is 1. The van der Waals surface area contributed by atoms with Gasteiger partial charge in [-0.15, -0.1) is 0 Å². The van der Waals surface area contributed by atoms with Gasteiger partial charge in [-0.2, -0.15) is 13.2 Å². The second kappa shape index (κ2) is 7.82. The molecule has 1 aromatic heterocycles. The van der Waals surface area contributed by atoms with E-state index in [9.17, 15) is 31.2 Å². The number of halogens is 3. The Bertz CT molecular complexity index is 1040. The molecule has 0 saturated carbocycles. The molecule has 3 rings (SSSR count). The van der Waals surface area contributed by atoms with Gasteiger partial charge in [0.15, 0.2) is 5.03 Å². The minimum atomic E-state index is -5.76. The van der Waals surface area contributed by atoms with Gasteiger partial charge in [-0.05, 0) is 36.2 Å². The van der Waals surface area contributed by atoms with Crippen LogP contribution in [0.15, 0.2) is 47.6 Å². The molecule has 0 unspecified atom stereocenters. The van der Waals surface area contributed by atoms with Crippen LogP contribution in [0, 0.1) is 0 Å². The Hall–Kier alpha value is -2.95. The van der Waals surface area contributed by atoms with Crippen LogP contribution in [0.25, 0.3) is 0 Å². The number of anilines is 1. The second-order valence-corrected chi connectivity index (χ2v) is 8.16. The predicted octanol–water partition coefficient (Wildman–Crippen LogP) is 2.43. The fourth-order valence-corrected chi connectivity index (χ4v) is 3.75. The van der Waals surface area contributed by atoms with E-state index >= 15 is 0 Å². The van der Waals surface area contributed by atoms with Crippen LogP contribution < -0.4 is 10.2 Å². The van der Waals surface area contributed by atoms with Crippen LogP contribution in [-0.2, 0) is 21.2 Å². The van der Waals surface area contributed by atoms with Crippen LogP contribution in [0.1, 0.15) is 28.8 Å². The Morgan fingerprint density at radius 1 is 1.17 bits per heavy atom. The number of benzene rings is 1. The molecule has 0 radical (unpaired) electrons. The summed E-state index contributed by atoms with van der Waals surface area (Å²) in [6, 6.07) is 8.87. The van der Waals surface area contributed by atoms with Crippen molar-refractivity contribution in [1.29, 1.82) is 0 Å². The van der Waals surface area contributed by atoms with Crippen LogP contribution in [0.4, 0.5) is 18.9 Å². The maximum absolute atomic E-state index is 12.8. The summed E-state index contributed by atoms with van der Waals surface area (Å²) in [5.74, 6) is -0.972. The third kappa shape index (κ3) is 4.24. The Morgan fingerprint density at radius 3 is 2.45 bits per heavy atom. The molecule has 7 nitrogen and oxygen atoms in total. The number of hydrogen-bond acceptors (Lipinski definition) is 5. The van der Waals surface area contributed by atoms with Gasteiger partial charge in [0.1, 0.15) is 0 Å². The number of amides is 2. The highest BCUT2D eigenvalue weighted by molar-refractivity contribution is 7.92. The van der Waals surface area contributed by atoms with Gasteiger partial charge in [-0.1, -0.05) is 12.1 Å². The molecular weight excluding hydrogens is 411 g/mol. The number of carbonyl (C=O) groups is 2. The van der Waals surface area contributed by atoms with Gasteiger partial charge < -0.3 is 10.2 Å². The summed E-state index contributed by atoms with van der Waals surface area (Å²) in [4.78, 5) is 28.9. The third-order valence-corrected chi connectivity index (χ3v) is 5.79. The van der Waals surface area contributed by atoms with Crippen LogP contribution in [0.5, 0.6) is 0 Å². The number of nitrogens with zero attached hydrogens (tertiary/aromatic N) is 2. The van der Waals surface area contributed by atoms with Gasteiger partial charge in [-0.3, -0.25) is 9.59 Å². The molecule has 154 valence electrons. The van der Waals surface area contributed by atoms with E-state index in [4.69, 9.17) is 0 Å². The van der Waals surface area contributed by atoms with Gasteiger partial charge in [0, 0.05) is 31.4 Å². The van der Waals surface area contributed by atoms with Gasteiger partial charge in [0.25, 0.3) is 15.7 Å². The molecule has 1 N–H and O–H groups in total. The zero-order valence-electron chi connectivity index (χ0n) is 14.9. The average Bonchev–Trinajstić information content (AvgIpc) is 3.11. The van der Waals surface area contributed by atoms with E-state index in [1.54, 1.807) is 29.2 Å². The number of nitrogens with one attached hydrogen (secondary N) is 1. The van der Waals surface area contributed by atoms with E-state index in [-0.39, 0.29) is 12.5 Å². The SMILES string of the molecule is O=C(NCc1ccc(N2CCCC2=O)cc1)c1cccnc1S(=O)(=O)C(F)(F)F. The fraction of sp³-hybridized carbons (Fsp3) is 0.278. The van der Waals surface area contributed by atoms with Crippen molar-refractivity contribution in [2.24, 2.45) is 0 Å². The first-order chi connectivity index (χ1) is 13.6. The van der Waals surface area contributed by atoms with Crippen LogP contribution >= 0.6 is 0 Å². The lowest BCUT2D eigenvalue weighted by Gasteiger charge is -2.16. The van der Waals surface area contributed by atoms with E-state index in [1.165, 1.54) is 6.07 Å². The molecule has 2 amide bonds. The van der Waals surface area contributed by atoms with E-state index < -0.39 is 31.8 Å². The number of sulfone groups is 1. The zero-order valence-corrected chi connectivity index (χ0v) is 15.8. The smallest absolute Gasteiger partial charge is 0.348 e. The summed E-state index contributed by atoms with van der Waals surface area (Å²) in [6.45, 7) is 0.583. The van der Waals surface area contributed by atoms with Crippen molar-refractivity contribution in [2.45, 2.75) is 29.9 Å². The standard InChI is InChI=1S/C18H16F3N3O4S/c19-18(20,21)29(27,28)17-14(3-1-9-22-17)16(26)23-11-12-5-7-13(8-6-12)24-10-2-4-15(24)25/h1,3,5-9H,2,4,10-11H2,(H,23,26). The molecule has 1 fully saturated rings. The molecule has 1 aliphatic heterocycles. The van der Waals surface area contributed by atoms with E-state index in [1.807, 2.05) is 0 Å².